The molecule has 1 atom stereocenters. The van der Waals surface area contributed by atoms with Crippen LogP contribution >= 0.6 is 0 Å². The molecule has 1 heterocycles. The number of aliphatic hydroxyl groups is 1. The fourth-order valence-electron chi connectivity index (χ4n) is 1.58. The van der Waals surface area contributed by atoms with Crippen LogP contribution in [0.25, 0.3) is 0 Å². The molecule has 0 aliphatic carbocycles. The standard InChI is InChI=1S/C11H7F6NO2/c12-10(13,14)7-3-1-6(2-4-7)8-5-9(19,20-18-8)11(15,16)17/h1-4,19H,5H2. The molecule has 9 heteroatoms. The van der Waals surface area contributed by atoms with Gasteiger partial charge in [0.2, 0.25) is 0 Å². The predicted octanol–water partition coefficient (Wildman–Crippen LogP) is 3.08. The molecule has 1 N–H and O–H groups in total. The molecule has 1 aromatic carbocycles. The molecule has 20 heavy (non-hydrogen) atoms. The second kappa shape index (κ2) is 4.37. The molecule has 0 aromatic heterocycles. The van der Waals surface area contributed by atoms with E-state index in [0.717, 1.165) is 12.1 Å². The zero-order valence-electron chi connectivity index (χ0n) is 9.59. The quantitative estimate of drug-likeness (QED) is 0.810. The van der Waals surface area contributed by atoms with Crippen molar-refractivity contribution in [2.45, 2.75) is 24.6 Å². The van der Waals surface area contributed by atoms with Gasteiger partial charge in [-0.15, -0.1) is 0 Å². The highest BCUT2D eigenvalue weighted by atomic mass is 19.4. The van der Waals surface area contributed by atoms with Crippen LogP contribution in [0.15, 0.2) is 29.4 Å². The molecule has 0 bridgehead atoms. The van der Waals surface area contributed by atoms with E-state index in [0.29, 0.717) is 12.1 Å². The zero-order chi connectivity index (χ0) is 15.2. The highest BCUT2D eigenvalue weighted by Crippen LogP contribution is 2.39. The Morgan fingerprint density at radius 1 is 1.05 bits per heavy atom. The summed E-state index contributed by atoms with van der Waals surface area (Å²) in [6, 6.07) is 3.35. The number of hydrogen-bond donors (Lipinski definition) is 1. The van der Waals surface area contributed by atoms with Crippen molar-refractivity contribution in [3.05, 3.63) is 35.4 Å². The maximum atomic E-state index is 12.5. The largest absolute Gasteiger partial charge is 0.458 e. The summed E-state index contributed by atoms with van der Waals surface area (Å²) in [6.45, 7) is 0. The van der Waals surface area contributed by atoms with Gasteiger partial charge in [-0.25, -0.2) is 0 Å². The first-order valence-electron chi connectivity index (χ1n) is 5.25. The summed E-state index contributed by atoms with van der Waals surface area (Å²) in [5.41, 5.74) is -1.21. The number of alkyl halides is 6. The van der Waals surface area contributed by atoms with Gasteiger partial charge in [0.15, 0.2) is 0 Å². The van der Waals surface area contributed by atoms with Crippen molar-refractivity contribution in [1.29, 1.82) is 0 Å². The summed E-state index contributed by atoms with van der Waals surface area (Å²) in [4.78, 5) is 3.97. The molecule has 2 rings (SSSR count). The number of oxime groups is 1. The molecule has 1 unspecified atom stereocenters. The van der Waals surface area contributed by atoms with Gasteiger partial charge in [0.25, 0.3) is 0 Å². The first-order chi connectivity index (χ1) is 9.03. The topological polar surface area (TPSA) is 41.8 Å². The Kier molecular flexibility index (Phi) is 3.20. The maximum Gasteiger partial charge on any atom is 0.458 e. The summed E-state index contributed by atoms with van der Waals surface area (Å²) in [6.07, 6.45) is -10.6. The minimum atomic E-state index is -5.05. The van der Waals surface area contributed by atoms with E-state index in [-0.39, 0.29) is 11.3 Å². The third-order valence-corrected chi connectivity index (χ3v) is 2.70. The number of rotatable bonds is 1. The molecular weight excluding hydrogens is 292 g/mol. The Balaban J connectivity index is 2.19. The van der Waals surface area contributed by atoms with Gasteiger partial charge in [-0.05, 0) is 17.7 Å². The number of nitrogens with zero attached hydrogens (tertiary/aromatic N) is 1. The molecule has 0 saturated carbocycles. The normalized spacial score (nSPS) is 23.4. The Morgan fingerprint density at radius 2 is 1.60 bits per heavy atom. The van der Waals surface area contributed by atoms with Gasteiger partial charge in [0, 0.05) is 0 Å². The van der Waals surface area contributed by atoms with Crippen LogP contribution in [0.4, 0.5) is 26.3 Å². The molecule has 0 spiro atoms. The van der Waals surface area contributed by atoms with Gasteiger partial charge in [0.05, 0.1) is 17.7 Å². The Hall–Kier alpha value is -1.77. The lowest BCUT2D eigenvalue weighted by atomic mass is 10.0. The molecule has 0 saturated heterocycles. The van der Waals surface area contributed by atoms with Crippen molar-refractivity contribution < 1.29 is 36.3 Å². The van der Waals surface area contributed by atoms with Crippen molar-refractivity contribution in [3.63, 3.8) is 0 Å². The van der Waals surface area contributed by atoms with E-state index in [9.17, 15) is 31.4 Å². The van der Waals surface area contributed by atoms with Crippen LogP contribution in [0.1, 0.15) is 17.5 Å². The Labute approximate surface area is 108 Å². The molecule has 0 radical (unpaired) electrons. The van der Waals surface area contributed by atoms with Crippen LogP contribution in [-0.2, 0) is 11.0 Å². The van der Waals surface area contributed by atoms with Crippen molar-refractivity contribution in [3.8, 4) is 0 Å². The predicted molar refractivity (Wildman–Crippen MR) is 54.7 cm³/mol. The highest BCUT2D eigenvalue weighted by molar-refractivity contribution is 6.01. The van der Waals surface area contributed by atoms with Crippen LogP contribution < -0.4 is 0 Å². The summed E-state index contributed by atoms with van der Waals surface area (Å²) in [5, 5.41) is 12.3. The van der Waals surface area contributed by atoms with Crippen molar-refractivity contribution in [1.82, 2.24) is 0 Å². The number of benzene rings is 1. The van der Waals surface area contributed by atoms with Gasteiger partial charge in [-0.1, -0.05) is 17.3 Å². The fourth-order valence-corrected chi connectivity index (χ4v) is 1.58. The summed E-state index contributed by atoms with van der Waals surface area (Å²) in [7, 11) is 0. The van der Waals surface area contributed by atoms with Crippen LogP contribution in [0, 0.1) is 0 Å². The minimum Gasteiger partial charge on any atom is -0.350 e. The molecule has 3 nitrogen and oxygen atoms in total. The molecular formula is C11H7F6NO2. The summed E-state index contributed by atoms with van der Waals surface area (Å²) >= 11 is 0. The number of halogens is 6. The van der Waals surface area contributed by atoms with Crippen molar-refractivity contribution in [2.24, 2.45) is 5.16 Å². The lowest BCUT2D eigenvalue weighted by Crippen LogP contribution is -2.45. The minimum absolute atomic E-state index is 0.0122. The van der Waals surface area contributed by atoms with Crippen molar-refractivity contribution >= 4 is 5.71 Å². The molecule has 0 amide bonds. The van der Waals surface area contributed by atoms with Crippen LogP contribution in [-0.4, -0.2) is 22.8 Å². The monoisotopic (exact) mass is 299 g/mol. The van der Waals surface area contributed by atoms with Gasteiger partial charge >= 0.3 is 18.1 Å². The van der Waals surface area contributed by atoms with Crippen LogP contribution in [0.2, 0.25) is 0 Å². The van der Waals surface area contributed by atoms with Gasteiger partial charge in [-0.3, -0.25) is 0 Å². The van der Waals surface area contributed by atoms with E-state index in [2.05, 4.69) is 9.99 Å². The fraction of sp³-hybridized carbons (Fsp3) is 0.364. The molecule has 1 aliphatic heterocycles. The average Bonchev–Trinajstić information content (AvgIpc) is 2.72. The van der Waals surface area contributed by atoms with E-state index >= 15 is 0 Å². The SMILES string of the molecule is OC1(C(F)(F)F)CC(c2ccc(C(F)(F)F)cc2)=NO1. The summed E-state index contributed by atoms with van der Waals surface area (Å²) in [5.74, 6) is -3.44. The number of hydrogen-bond acceptors (Lipinski definition) is 3. The van der Waals surface area contributed by atoms with E-state index in [1.54, 1.807) is 0 Å². The van der Waals surface area contributed by atoms with E-state index < -0.39 is 30.1 Å². The molecule has 110 valence electrons. The van der Waals surface area contributed by atoms with Crippen LogP contribution in [0.3, 0.4) is 0 Å². The van der Waals surface area contributed by atoms with Crippen LogP contribution in [0.5, 0.6) is 0 Å². The Bertz CT molecular complexity index is 533. The van der Waals surface area contributed by atoms with E-state index in [4.69, 9.17) is 0 Å². The van der Waals surface area contributed by atoms with Gasteiger partial charge in [-0.2, -0.15) is 26.3 Å². The third-order valence-electron chi connectivity index (χ3n) is 2.70. The van der Waals surface area contributed by atoms with E-state index in [1.807, 2.05) is 0 Å². The molecule has 1 aliphatic rings. The molecule has 1 aromatic rings. The molecule has 0 fully saturated rings. The zero-order valence-corrected chi connectivity index (χ0v) is 9.59. The van der Waals surface area contributed by atoms with Crippen molar-refractivity contribution in [2.75, 3.05) is 0 Å². The lowest BCUT2D eigenvalue weighted by Gasteiger charge is -2.22. The first kappa shape index (κ1) is 14.6. The second-order valence-corrected chi connectivity index (χ2v) is 4.16. The third kappa shape index (κ3) is 2.58. The smallest absolute Gasteiger partial charge is 0.350 e. The van der Waals surface area contributed by atoms with E-state index in [1.165, 1.54) is 0 Å². The first-order valence-corrected chi connectivity index (χ1v) is 5.25. The maximum absolute atomic E-state index is 12.5. The Morgan fingerprint density at radius 3 is 2.00 bits per heavy atom. The van der Waals surface area contributed by atoms with Gasteiger partial charge < -0.3 is 9.94 Å². The van der Waals surface area contributed by atoms with Gasteiger partial charge in [0.1, 0.15) is 0 Å². The highest BCUT2D eigenvalue weighted by Gasteiger charge is 2.60. The summed E-state index contributed by atoms with van der Waals surface area (Å²) < 4.78 is 74.4. The second-order valence-electron chi connectivity index (χ2n) is 4.16. The lowest BCUT2D eigenvalue weighted by molar-refractivity contribution is -0.355. The average molecular weight is 299 g/mol.